The summed E-state index contributed by atoms with van der Waals surface area (Å²) < 4.78 is 11.8. The SMILES string of the molecule is COc1cc(-c2nc(N)nc(N)c2C#N)cc(Br)c1OC(C)C. The van der Waals surface area contributed by atoms with Gasteiger partial charge in [0.15, 0.2) is 11.5 Å². The molecule has 0 unspecified atom stereocenters. The minimum Gasteiger partial charge on any atom is -0.493 e. The molecule has 120 valence electrons. The first-order valence-corrected chi connectivity index (χ1v) is 7.54. The Morgan fingerprint density at radius 2 is 1.96 bits per heavy atom. The van der Waals surface area contributed by atoms with Gasteiger partial charge in [0.2, 0.25) is 5.95 Å². The van der Waals surface area contributed by atoms with Gasteiger partial charge >= 0.3 is 0 Å². The van der Waals surface area contributed by atoms with E-state index in [0.29, 0.717) is 27.2 Å². The number of nitrogens with zero attached hydrogens (tertiary/aromatic N) is 3. The Kier molecular flexibility index (Phi) is 4.91. The van der Waals surface area contributed by atoms with Crippen molar-refractivity contribution in [2.75, 3.05) is 18.6 Å². The fraction of sp³-hybridized carbons (Fsp3) is 0.267. The fourth-order valence-electron chi connectivity index (χ4n) is 2.02. The molecular formula is C15H16BrN5O2. The van der Waals surface area contributed by atoms with E-state index in [0.717, 1.165) is 0 Å². The molecule has 0 saturated carbocycles. The maximum atomic E-state index is 9.30. The summed E-state index contributed by atoms with van der Waals surface area (Å²) in [4.78, 5) is 7.94. The van der Waals surface area contributed by atoms with E-state index >= 15 is 0 Å². The van der Waals surface area contributed by atoms with Crippen LogP contribution in [0, 0.1) is 11.3 Å². The summed E-state index contributed by atoms with van der Waals surface area (Å²) in [5.41, 5.74) is 12.5. The van der Waals surface area contributed by atoms with Gasteiger partial charge in [-0.1, -0.05) is 0 Å². The normalized spacial score (nSPS) is 10.4. The Balaban J connectivity index is 2.67. The lowest BCUT2D eigenvalue weighted by atomic mass is 10.1. The van der Waals surface area contributed by atoms with Gasteiger partial charge in [0.05, 0.1) is 23.4 Å². The van der Waals surface area contributed by atoms with Crippen molar-refractivity contribution in [2.24, 2.45) is 0 Å². The number of rotatable bonds is 4. The van der Waals surface area contributed by atoms with Crippen molar-refractivity contribution >= 4 is 27.7 Å². The lowest BCUT2D eigenvalue weighted by Gasteiger charge is -2.17. The number of hydrogen-bond donors (Lipinski definition) is 2. The highest BCUT2D eigenvalue weighted by atomic mass is 79.9. The minimum absolute atomic E-state index is 0.00547. The predicted octanol–water partition coefficient (Wildman–Crippen LogP) is 2.74. The molecule has 0 radical (unpaired) electrons. The van der Waals surface area contributed by atoms with Crippen LogP contribution in [-0.4, -0.2) is 23.2 Å². The van der Waals surface area contributed by atoms with Crippen LogP contribution in [0.5, 0.6) is 11.5 Å². The van der Waals surface area contributed by atoms with E-state index in [-0.39, 0.29) is 23.4 Å². The quantitative estimate of drug-likeness (QED) is 0.839. The molecule has 0 aliphatic heterocycles. The van der Waals surface area contributed by atoms with Gasteiger partial charge in [-0.25, -0.2) is 4.98 Å². The third-order valence-electron chi connectivity index (χ3n) is 2.92. The number of halogens is 1. The van der Waals surface area contributed by atoms with E-state index in [1.54, 1.807) is 12.1 Å². The number of benzene rings is 1. The van der Waals surface area contributed by atoms with Crippen molar-refractivity contribution in [3.05, 3.63) is 22.2 Å². The van der Waals surface area contributed by atoms with Gasteiger partial charge in [-0.15, -0.1) is 0 Å². The van der Waals surface area contributed by atoms with E-state index < -0.39 is 0 Å². The molecule has 1 aromatic carbocycles. The molecule has 2 aromatic rings. The van der Waals surface area contributed by atoms with Crippen LogP contribution < -0.4 is 20.9 Å². The van der Waals surface area contributed by atoms with Gasteiger partial charge < -0.3 is 20.9 Å². The zero-order chi connectivity index (χ0) is 17.1. The number of ether oxygens (including phenoxy) is 2. The number of anilines is 2. The molecule has 0 aliphatic carbocycles. The molecule has 0 aliphatic rings. The standard InChI is InChI=1S/C15H16BrN5O2/c1-7(2)23-13-10(16)4-8(5-11(13)22-3)12-9(6-17)14(18)21-15(19)20-12/h4-5,7H,1-3H3,(H4,18,19,20,21). The molecule has 0 bridgehead atoms. The summed E-state index contributed by atoms with van der Waals surface area (Å²) in [5, 5.41) is 9.30. The number of nitriles is 1. The maximum Gasteiger partial charge on any atom is 0.222 e. The highest BCUT2D eigenvalue weighted by molar-refractivity contribution is 9.10. The van der Waals surface area contributed by atoms with E-state index in [4.69, 9.17) is 20.9 Å². The van der Waals surface area contributed by atoms with Crippen LogP contribution in [0.3, 0.4) is 0 Å². The third kappa shape index (κ3) is 3.46. The number of aromatic nitrogens is 2. The molecule has 1 aromatic heterocycles. The summed E-state index contributed by atoms with van der Waals surface area (Å²) >= 11 is 3.45. The van der Waals surface area contributed by atoms with Crippen LogP contribution in [-0.2, 0) is 0 Å². The second-order valence-corrected chi connectivity index (χ2v) is 5.81. The van der Waals surface area contributed by atoms with Crippen molar-refractivity contribution in [1.29, 1.82) is 5.26 Å². The summed E-state index contributed by atoms with van der Waals surface area (Å²) in [6, 6.07) is 5.48. The first-order valence-electron chi connectivity index (χ1n) is 6.75. The van der Waals surface area contributed by atoms with Crippen molar-refractivity contribution in [3.8, 4) is 28.8 Å². The zero-order valence-corrected chi connectivity index (χ0v) is 14.5. The van der Waals surface area contributed by atoms with Gasteiger partial charge in [0.1, 0.15) is 17.5 Å². The van der Waals surface area contributed by atoms with Crippen molar-refractivity contribution in [2.45, 2.75) is 20.0 Å². The molecule has 4 N–H and O–H groups in total. The van der Waals surface area contributed by atoms with Crippen LogP contribution in [0.1, 0.15) is 19.4 Å². The second kappa shape index (κ2) is 6.71. The molecule has 0 fully saturated rings. The average Bonchev–Trinajstić information content (AvgIpc) is 2.48. The van der Waals surface area contributed by atoms with Crippen molar-refractivity contribution < 1.29 is 9.47 Å². The van der Waals surface area contributed by atoms with Gasteiger partial charge in [-0.05, 0) is 41.9 Å². The fourth-order valence-corrected chi connectivity index (χ4v) is 2.56. The lowest BCUT2D eigenvalue weighted by Crippen LogP contribution is -2.08. The largest absolute Gasteiger partial charge is 0.493 e. The van der Waals surface area contributed by atoms with Crippen LogP contribution in [0.4, 0.5) is 11.8 Å². The van der Waals surface area contributed by atoms with Crippen LogP contribution in [0.15, 0.2) is 16.6 Å². The Morgan fingerprint density at radius 1 is 1.26 bits per heavy atom. The lowest BCUT2D eigenvalue weighted by molar-refractivity contribution is 0.228. The molecule has 2 rings (SSSR count). The van der Waals surface area contributed by atoms with E-state index in [1.807, 2.05) is 19.9 Å². The molecule has 23 heavy (non-hydrogen) atoms. The molecule has 1 heterocycles. The number of methoxy groups -OCH3 is 1. The highest BCUT2D eigenvalue weighted by Gasteiger charge is 2.18. The molecule has 0 atom stereocenters. The third-order valence-corrected chi connectivity index (χ3v) is 3.51. The Labute approximate surface area is 142 Å². The van der Waals surface area contributed by atoms with E-state index in [9.17, 15) is 5.26 Å². The first kappa shape index (κ1) is 16.8. The zero-order valence-electron chi connectivity index (χ0n) is 12.9. The maximum absolute atomic E-state index is 9.30. The minimum atomic E-state index is -0.0222. The molecule has 0 saturated heterocycles. The summed E-state index contributed by atoms with van der Waals surface area (Å²) in [5.74, 6) is 1.10. The van der Waals surface area contributed by atoms with Crippen LogP contribution in [0.25, 0.3) is 11.3 Å². The van der Waals surface area contributed by atoms with Crippen LogP contribution in [0.2, 0.25) is 0 Å². The monoisotopic (exact) mass is 377 g/mol. The Hall–Kier alpha value is -2.53. The number of nitrogen functional groups attached to an aromatic ring is 2. The van der Waals surface area contributed by atoms with Crippen LogP contribution >= 0.6 is 15.9 Å². The summed E-state index contributed by atoms with van der Waals surface area (Å²) in [7, 11) is 1.53. The number of nitrogens with two attached hydrogens (primary N) is 2. The van der Waals surface area contributed by atoms with Gasteiger partial charge in [-0.2, -0.15) is 10.2 Å². The van der Waals surface area contributed by atoms with Crippen molar-refractivity contribution in [3.63, 3.8) is 0 Å². The predicted molar refractivity (Wildman–Crippen MR) is 91.0 cm³/mol. The van der Waals surface area contributed by atoms with Gasteiger partial charge in [-0.3, -0.25) is 0 Å². The van der Waals surface area contributed by atoms with Gasteiger partial charge in [0.25, 0.3) is 0 Å². The summed E-state index contributed by atoms with van der Waals surface area (Å²) in [6.45, 7) is 3.83. The Bertz CT molecular complexity index is 786. The highest BCUT2D eigenvalue weighted by Crippen LogP contribution is 2.40. The first-order chi connectivity index (χ1) is 10.9. The van der Waals surface area contributed by atoms with Gasteiger partial charge in [0, 0.05) is 5.56 Å². The smallest absolute Gasteiger partial charge is 0.222 e. The van der Waals surface area contributed by atoms with E-state index in [2.05, 4.69) is 25.9 Å². The molecular weight excluding hydrogens is 362 g/mol. The van der Waals surface area contributed by atoms with E-state index in [1.165, 1.54) is 7.11 Å². The molecule has 0 spiro atoms. The molecule has 7 nitrogen and oxygen atoms in total. The Morgan fingerprint density at radius 3 is 2.52 bits per heavy atom. The molecule has 8 heteroatoms. The molecule has 0 amide bonds. The summed E-state index contributed by atoms with van der Waals surface area (Å²) in [6.07, 6.45) is -0.0222. The average molecular weight is 378 g/mol. The van der Waals surface area contributed by atoms with Crippen molar-refractivity contribution in [1.82, 2.24) is 9.97 Å². The second-order valence-electron chi connectivity index (χ2n) is 4.96. The topological polar surface area (TPSA) is 120 Å². The number of hydrogen-bond acceptors (Lipinski definition) is 7.